The Kier molecular flexibility index (Phi) is 4.54. The van der Waals surface area contributed by atoms with Gasteiger partial charge in [0.25, 0.3) is 0 Å². The normalized spacial score (nSPS) is 10.8. The molecule has 1 aromatic carbocycles. The van der Waals surface area contributed by atoms with Gasteiger partial charge in [0.2, 0.25) is 5.91 Å². The van der Waals surface area contributed by atoms with E-state index < -0.39 is 0 Å². The Morgan fingerprint density at radius 3 is 2.74 bits per heavy atom. The molecule has 0 fully saturated rings. The lowest BCUT2D eigenvalue weighted by Crippen LogP contribution is -2.11. The highest BCUT2D eigenvalue weighted by Crippen LogP contribution is 2.16. The van der Waals surface area contributed by atoms with Crippen LogP contribution in [0.15, 0.2) is 67.5 Å². The van der Waals surface area contributed by atoms with Crippen molar-refractivity contribution < 1.29 is 4.79 Å². The molecule has 0 saturated heterocycles. The molecule has 6 nitrogen and oxygen atoms in total. The molecule has 114 valence electrons. The summed E-state index contributed by atoms with van der Waals surface area (Å²) in [6.07, 6.45) is 9.75. The minimum atomic E-state index is -0.187. The van der Waals surface area contributed by atoms with Crippen LogP contribution in [0.4, 0.5) is 5.69 Å². The first-order valence-electron chi connectivity index (χ1n) is 7.11. The number of rotatable bonds is 5. The first-order valence-corrected chi connectivity index (χ1v) is 7.11. The van der Waals surface area contributed by atoms with Gasteiger partial charge in [-0.05, 0) is 35.4 Å². The molecule has 1 amide bonds. The summed E-state index contributed by atoms with van der Waals surface area (Å²) in [6, 6.07) is 11.3. The van der Waals surface area contributed by atoms with Crippen molar-refractivity contribution in [3.63, 3.8) is 0 Å². The summed E-state index contributed by atoms with van der Waals surface area (Å²) < 4.78 is 1.71. The average Bonchev–Trinajstić information content (AvgIpc) is 3.09. The van der Waals surface area contributed by atoms with Crippen molar-refractivity contribution in [2.45, 2.75) is 6.54 Å². The van der Waals surface area contributed by atoms with Crippen LogP contribution in [0.2, 0.25) is 0 Å². The van der Waals surface area contributed by atoms with Crippen molar-refractivity contribution in [2.75, 3.05) is 5.32 Å². The Balaban J connectivity index is 1.70. The summed E-state index contributed by atoms with van der Waals surface area (Å²) in [7, 11) is 0. The van der Waals surface area contributed by atoms with Crippen LogP contribution in [0.1, 0.15) is 11.1 Å². The third kappa shape index (κ3) is 4.10. The number of nitrogens with one attached hydrogen (secondary N) is 1. The Hall–Kier alpha value is -3.28. The predicted molar refractivity (Wildman–Crippen MR) is 87.5 cm³/mol. The number of benzene rings is 1. The van der Waals surface area contributed by atoms with E-state index in [9.17, 15) is 4.79 Å². The number of carbonyl (C=O) groups excluding carboxylic acids is 1. The van der Waals surface area contributed by atoms with Crippen LogP contribution in [0.25, 0.3) is 6.08 Å². The molecule has 2 aromatic heterocycles. The van der Waals surface area contributed by atoms with Crippen LogP contribution in [0.3, 0.4) is 0 Å². The zero-order valence-electron chi connectivity index (χ0n) is 12.3. The molecule has 0 saturated carbocycles. The van der Waals surface area contributed by atoms with E-state index >= 15 is 0 Å². The molecular weight excluding hydrogens is 290 g/mol. The Bertz CT molecular complexity index is 797. The minimum Gasteiger partial charge on any atom is -0.322 e. The zero-order chi connectivity index (χ0) is 15.9. The van der Waals surface area contributed by atoms with E-state index in [4.69, 9.17) is 0 Å². The lowest BCUT2D eigenvalue weighted by molar-refractivity contribution is -0.111. The van der Waals surface area contributed by atoms with Gasteiger partial charge in [0.05, 0.1) is 6.54 Å². The molecule has 0 spiro atoms. The quantitative estimate of drug-likeness (QED) is 0.735. The lowest BCUT2D eigenvalue weighted by Gasteiger charge is -2.09. The molecule has 23 heavy (non-hydrogen) atoms. The summed E-state index contributed by atoms with van der Waals surface area (Å²) in [5.41, 5.74) is 2.64. The van der Waals surface area contributed by atoms with Crippen molar-refractivity contribution in [2.24, 2.45) is 0 Å². The third-order valence-corrected chi connectivity index (χ3v) is 3.21. The fraction of sp³-hybridized carbons (Fsp3) is 0.0588. The van der Waals surface area contributed by atoms with Crippen LogP contribution in [-0.2, 0) is 11.3 Å². The highest BCUT2D eigenvalue weighted by molar-refractivity contribution is 6.02. The third-order valence-electron chi connectivity index (χ3n) is 3.21. The van der Waals surface area contributed by atoms with Gasteiger partial charge in [-0.3, -0.25) is 9.78 Å². The van der Waals surface area contributed by atoms with E-state index in [0.29, 0.717) is 6.54 Å². The van der Waals surface area contributed by atoms with Gasteiger partial charge in [0.15, 0.2) is 0 Å². The van der Waals surface area contributed by atoms with Gasteiger partial charge in [-0.1, -0.05) is 18.2 Å². The van der Waals surface area contributed by atoms with Gasteiger partial charge < -0.3 is 5.32 Å². The van der Waals surface area contributed by atoms with E-state index in [1.165, 1.54) is 12.4 Å². The van der Waals surface area contributed by atoms with Gasteiger partial charge in [-0.25, -0.2) is 9.67 Å². The SMILES string of the molecule is O=C(/C=C/c1ccncc1)Nc1ccccc1Cn1cncn1. The summed E-state index contributed by atoms with van der Waals surface area (Å²) >= 11 is 0. The van der Waals surface area contributed by atoms with Crippen molar-refractivity contribution in [3.05, 3.63) is 78.6 Å². The summed E-state index contributed by atoms with van der Waals surface area (Å²) in [5, 5.41) is 6.97. The summed E-state index contributed by atoms with van der Waals surface area (Å²) in [6.45, 7) is 0.546. The molecule has 3 rings (SSSR count). The second-order valence-corrected chi connectivity index (χ2v) is 4.85. The molecule has 1 N–H and O–H groups in total. The molecule has 6 heteroatoms. The van der Waals surface area contributed by atoms with Gasteiger partial charge >= 0.3 is 0 Å². The van der Waals surface area contributed by atoms with Crippen LogP contribution >= 0.6 is 0 Å². The van der Waals surface area contributed by atoms with Crippen LogP contribution in [-0.4, -0.2) is 25.7 Å². The lowest BCUT2D eigenvalue weighted by atomic mass is 10.1. The fourth-order valence-corrected chi connectivity index (χ4v) is 2.09. The number of pyridine rings is 1. The summed E-state index contributed by atoms with van der Waals surface area (Å²) in [4.78, 5) is 20.0. The maximum Gasteiger partial charge on any atom is 0.248 e. The topological polar surface area (TPSA) is 72.7 Å². The van der Waals surface area contributed by atoms with E-state index in [-0.39, 0.29) is 5.91 Å². The number of aromatic nitrogens is 4. The number of nitrogens with zero attached hydrogens (tertiary/aromatic N) is 4. The zero-order valence-corrected chi connectivity index (χ0v) is 12.3. The molecular formula is C17H15N5O. The maximum absolute atomic E-state index is 12.1. The molecule has 3 aromatic rings. The predicted octanol–water partition coefficient (Wildman–Crippen LogP) is 2.37. The summed E-state index contributed by atoms with van der Waals surface area (Å²) in [5.74, 6) is -0.187. The Morgan fingerprint density at radius 2 is 1.96 bits per heavy atom. The number of anilines is 1. The number of hydrogen-bond donors (Lipinski definition) is 1. The maximum atomic E-state index is 12.1. The molecule has 0 aliphatic rings. The Morgan fingerprint density at radius 1 is 1.13 bits per heavy atom. The van der Waals surface area contributed by atoms with Gasteiger partial charge in [0, 0.05) is 24.2 Å². The molecule has 0 unspecified atom stereocenters. The molecule has 0 aliphatic heterocycles. The highest BCUT2D eigenvalue weighted by Gasteiger charge is 2.05. The van der Waals surface area contributed by atoms with Gasteiger partial charge in [-0.15, -0.1) is 0 Å². The second kappa shape index (κ2) is 7.13. The van der Waals surface area contributed by atoms with Gasteiger partial charge in [0.1, 0.15) is 12.7 Å². The van der Waals surface area contributed by atoms with E-state index in [2.05, 4.69) is 20.4 Å². The first-order chi connectivity index (χ1) is 11.3. The average molecular weight is 305 g/mol. The van der Waals surface area contributed by atoms with Crippen LogP contribution < -0.4 is 5.32 Å². The van der Waals surface area contributed by atoms with E-state index in [1.807, 2.05) is 36.4 Å². The minimum absolute atomic E-state index is 0.187. The first kappa shape index (κ1) is 14.6. The monoisotopic (exact) mass is 305 g/mol. The van der Waals surface area contributed by atoms with Crippen LogP contribution in [0.5, 0.6) is 0 Å². The standard InChI is InChI=1S/C17H15N5O/c23-17(6-5-14-7-9-18-10-8-14)21-16-4-2-1-3-15(16)11-22-13-19-12-20-22/h1-10,12-13H,11H2,(H,21,23)/b6-5+. The molecule has 0 atom stereocenters. The molecule has 2 heterocycles. The van der Waals surface area contributed by atoms with E-state index in [1.54, 1.807) is 29.5 Å². The Labute approximate surface area is 133 Å². The molecule has 0 aliphatic carbocycles. The number of para-hydroxylation sites is 1. The van der Waals surface area contributed by atoms with Crippen LogP contribution in [0, 0.1) is 0 Å². The fourth-order valence-electron chi connectivity index (χ4n) is 2.09. The van der Waals surface area contributed by atoms with Crippen molar-refractivity contribution in [1.29, 1.82) is 0 Å². The van der Waals surface area contributed by atoms with Crippen molar-refractivity contribution in [1.82, 2.24) is 19.7 Å². The second-order valence-electron chi connectivity index (χ2n) is 4.85. The van der Waals surface area contributed by atoms with Crippen molar-refractivity contribution >= 4 is 17.7 Å². The van der Waals surface area contributed by atoms with Crippen molar-refractivity contribution in [3.8, 4) is 0 Å². The molecule has 0 bridgehead atoms. The number of amides is 1. The largest absolute Gasteiger partial charge is 0.322 e. The molecule has 0 radical (unpaired) electrons. The van der Waals surface area contributed by atoms with E-state index in [0.717, 1.165) is 16.8 Å². The number of carbonyl (C=O) groups is 1. The number of hydrogen-bond acceptors (Lipinski definition) is 4. The smallest absolute Gasteiger partial charge is 0.248 e. The highest BCUT2D eigenvalue weighted by atomic mass is 16.1. The van der Waals surface area contributed by atoms with Gasteiger partial charge in [-0.2, -0.15) is 5.10 Å².